The molecule has 0 bridgehead atoms. The Kier molecular flexibility index (Phi) is 5.21. The van der Waals surface area contributed by atoms with Crippen LogP contribution in [0.15, 0.2) is 24.3 Å². The number of rotatable bonds is 6. The first-order valence-corrected chi connectivity index (χ1v) is 8.77. The fourth-order valence-electron chi connectivity index (χ4n) is 3.47. The topological polar surface area (TPSA) is 41.6 Å². The zero-order valence-electron chi connectivity index (χ0n) is 14.3. The summed E-state index contributed by atoms with van der Waals surface area (Å²) in [5.41, 5.74) is 1.20. The van der Waals surface area contributed by atoms with E-state index in [-0.39, 0.29) is 11.9 Å². The Labute approximate surface area is 139 Å². The van der Waals surface area contributed by atoms with Gasteiger partial charge < -0.3 is 15.0 Å². The smallest absolute Gasteiger partial charge is 0.220 e. The molecule has 1 saturated heterocycles. The highest BCUT2D eigenvalue weighted by Gasteiger charge is 2.33. The van der Waals surface area contributed by atoms with Crippen molar-refractivity contribution >= 4 is 5.91 Å². The molecule has 2 aliphatic rings. The van der Waals surface area contributed by atoms with E-state index in [0.717, 1.165) is 31.7 Å². The highest BCUT2D eigenvalue weighted by molar-refractivity contribution is 5.76. The number of likely N-dealkylation sites (tertiary alicyclic amines) is 1. The Hall–Kier alpha value is -1.55. The van der Waals surface area contributed by atoms with Crippen LogP contribution >= 0.6 is 0 Å². The predicted octanol–water partition coefficient (Wildman–Crippen LogP) is 2.99. The van der Waals surface area contributed by atoms with Crippen molar-refractivity contribution < 1.29 is 9.53 Å². The van der Waals surface area contributed by atoms with Crippen LogP contribution in [0.5, 0.6) is 5.75 Å². The SMILES string of the molecule is COc1ccc(C(NC(=O)CC2CCN(C)CC2)C2CC2)cc1. The molecule has 1 unspecified atom stereocenters. The number of benzene rings is 1. The van der Waals surface area contributed by atoms with Gasteiger partial charge in [0, 0.05) is 6.42 Å². The van der Waals surface area contributed by atoms with E-state index < -0.39 is 0 Å². The molecule has 1 saturated carbocycles. The number of nitrogens with zero attached hydrogens (tertiary/aromatic N) is 1. The number of nitrogens with one attached hydrogen (secondary N) is 1. The third kappa shape index (κ3) is 4.47. The molecule has 126 valence electrons. The molecular weight excluding hydrogens is 288 g/mol. The van der Waals surface area contributed by atoms with Crippen molar-refractivity contribution in [2.24, 2.45) is 11.8 Å². The third-order valence-corrected chi connectivity index (χ3v) is 5.20. The van der Waals surface area contributed by atoms with E-state index >= 15 is 0 Å². The van der Waals surface area contributed by atoms with Crippen molar-refractivity contribution in [1.29, 1.82) is 0 Å². The third-order valence-electron chi connectivity index (χ3n) is 5.20. The number of carbonyl (C=O) groups excluding carboxylic acids is 1. The maximum atomic E-state index is 12.5. The van der Waals surface area contributed by atoms with Crippen molar-refractivity contribution in [3.05, 3.63) is 29.8 Å². The normalized spacial score (nSPS) is 21.0. The van der Waals surface area contributed by atoms with Crippen molar-refractivity contribution in [2.45, 2.75) is 38.1 Å². The quantitative estimate of drug-likeness (QED) is 0.877. The monoisotopic (exact) mass is 316 g/mol. The zero-order chi connectivity index (χ0) is 16.2. The summed E-state index contributed by atoms with van der Waals surface area (Å²) in [6, 6.07) is 8.29. The standard InChI is InChI=1S/C19H28N2O2/c1-21-11-9-14(10-12-21)13-18(22)20-19(15-3-4-15)16-5-7-17(23-2)8-6-16/h5-8,14-15,19H,3-4,9-13H2,1-2H3,(H,20,22). The van der Waals surface area contributed by atoms with Gasteiger partial charge in [-0.05, 0) is 75.4 Å². The Morgan fingerprint density at radius 1 is 1.22 bits per heavy atom. The van der Waals surface area contributed by atoms with Gasteiger partial charge in [0.05, 0.1) is 13.2 Å². The first-order valence-electron chi connectivity index (χ1n) is 8.77. The zero-order valence-corrected chi connectivity index (χ0v) is 14.3. The van der Waals surface area contributed by atoms with Crippen molar-refractivity contribution in [2.75, 3.05) is 27.2 Å². The number of piperidine rings is 1. The lowest BCUT2D eigenvalue weighted by Gasteiger charge is -2.29. The largest absolute Gasteiger partial charge is 0.497 e. The lowest BCUT2D eigenvalue weighted by atomic mass is 9.93. The van der Waals surface area contributed by atoms with Gasteiger partial charge in [-0.3, -0.25) is 4.79 Å². The molecule has 4 nitrogen and oxygen atoms in total. The highest BCUT2D eigenvalue weighted by Crippen LogP contribution is 2.41. The second kappa shape index (κ2) is 7.35. The second-order valence-electron chi connectivity index (χ2n) is 7.11. The minimum atomic E-state index is 0.166. The van der Waals surface area contributed by atoms with E-state index in [1.807, 2.05) is 12.1 Å². The van der Waals surface area contributed by atoms with Gasteiger partial charge in [-0.2, -0.15) is 0 Å². The van der Waals surface area contributed by atoms with Crippen molar-refractivity contribution in [3.63, 3.8) is 0 Å². The Balaban J connectivity index is 1.57. The number of amides is 1. The van der Waals surface area contributed by atoms with E-state index in [9.17, 15) is 4.79 Å². The van der Waals surface area contributed by atoms with Gasteiger partial charge in [0.2, 0.25) is 5.91 Å². The number of carbonyl (C=O) groups is 1. The fraction of sp³-hybridized carbons (Fsp3) is 0.632. The minimum Gasteiger partial charge on any atom is -0.497 e. The maximum Gasteiger partial charge on any atom is 0.220 e. The second-order valence-corrected chi connectivity index (χ2v) is 7.11. The Bertz CT molecular complexity index is 517. The van der Waals surface area contributed by atoms with Gasteiger partial charge >= 0.3 is 0 Å². The minimum absolute atomic E-state index is 0.166. The van der Waals surface area contributed by atoms with E-state index in [0.29, 0.717) is 18.3 Å². The summed E-state index contributed by atoms with van der Waals surface area (Å²) >= 11 is 0. The maximum absolute atomic E-state index is 12.5. The summed E-state index contributed by atoms with van der Waals surface area (Å²) in [7, 11) is 3.83. The van der Waals surface area contributed by atoms with Gasteiger partial charge in [-0.25, -0.2) is 0 Å². The van der Waals surface area contributed by atoms with Gasteiger partial charge in [-0.1, -0.05) is 12.1 Å². The van der Waals surface area contributed by atoms with Crippen molar-refractivity contribution in [1.82, 2.24) is 10.2 Å². The average molecular weight is 316 g/mol. The summed E-state index contributed by atoms with van der Waals surface area (Å²) in [6.07, 6.45) is 5.38. The molecule has 0 spiro atoms. The van der Waals surface area contributed by atoms with E-state index in [1.54, 1.807) is 7.11 Å². The van der Waals surface area contributed by atoms with Crippen LogP contribution in [-0.4, -0.2) is 38.1 Å². The van der Waals surface area contributed by atoms with Gasteiger partial charge in [0.15, 0.2) is 0 Å². The average Bonchev–Trinajstić information content (AvgIpc) is 3.40. The van der Waals surface area contributed by atoms with Gasteiger partial charge in [0.25, 0.3) is 0 Å². The van der Waals surface area contributed by atoms with Crippen LogP contribution in [0, 0.1) is 11.8 Å². The molecule has 1 heterocycles. The van der Waals surface area contributed by atoms with Crippen molar-refractivity contribution in [3.8, 4) is 5.75 Å². The van der Waals surface area contributed by atoms with Crippen LogP contribution in [0.25, 0.3) is 0 Å². The van der Waals surface area contributed by atoms with Crippen LogP contribution in [0.4, 0.5) is 0 Å². The van der Waals surface area contributed by atoms with Gasteiger partial charge in [-0.15, -0.1) is 0 Å². The number of methoxy groups -OCH3 is 1. The number of hydrogen-bond acceptors (Lipinski definition) is 3. The predicted molar refractivity (Wildman–Crippen MR) is 91.4 cm³/mol. The summed E-state index contributed by atoms with van der Waals surface area (Å²) in [5, 5.41) is 3.30. The molecule has 0 aromatic heterocycles. The highest BCUT2D eigenvalue weighted by atomic mass is 16.5. The molecule has 1 atom stereocenters. The van der Waals surface area contributed by atoms with Crippen LogP contribution in [0.2, 0.25) is 0 Å². The number of ether oxygens (including phenoxy) is 1. The van der Waals surface area contributed by atoms with E-state index in [1.165, 1.54) is 18.4 Å². The van der Waals surface area contributed by atoms with Crippen LogP contribution < -0.4 is 10.1 Å². The van der Waals surface area contributed by atoms with E-state index in [2.05, 4.69) is 29.4 Å². The molecule has 1 aliphatic carbocycles. The molecule has 23 heavy (non-hydrogen) atoms. The summed E-state index contributed by atoms with van der Waals surface area (Å²) in [4.78, 5) is 14.8. The first-order chi connectivity index (χ1) is 11.2. The lowest BCUT2D eigenvalue weighted by molar-refractivity contribution is -0.123. The summed E-state index contributed by atoms with van der Waals surface area (Å²) < 4.78 is 5.22. The molecule has 4 heteroatoms. The molecule has 1 aromatic carbocycles. The van der Waals surface area contributed by atoms with Crippen LogP contribution in [0.1, 0.15) is 43.7 Å². The van der Waals surface area contributed by atoms with Crippen LogP contribution in [0.3, 0.4) is 0 Å². The summed E-state index contributed by atoms with van der Waals surface area (Å²) in [5.74, 6) is 2.22. The molecule has 2 fully saturated rings. The molecular formula is C19H28N2O2. The fourth-order valence-corrected chi connectivity index (χ4v) is 3.47. The molecule has 1 N–H and O–H groups in total. The summed E-state index contributed by atoms with van der Waals surface area (Å²) in [6.45, 7) is 2.23. The molecule has 1 aliphatic heterocycles. The van der Waals surface area contributed by atoms with E-state index in [4.69, 9.17) is 4.74 Å². The Morgan fingerprint density at radius 2 is 1.87 bits per heavy atom. The number of hydrogen-bond donors (Lipinski definition) is 1. The Morgan fingerprint density at radius 3 is 2.43 bits per heavy atom. The van der Waals surface area contributed by atoms with Gasteiger partial charge in [0.1, 0.15) is 5.75 Å². The molecule has 3 rings (SSSR count). The van der Waals surface area contributed by atoms with Crippen LogP contribution in [-0.2, 0) is 4.79 Å². The molecule has 0 radical (unpaired) electrons. The lowest BCUT2D eigenvalue weighted by Crippen LogP contribution is -2.35. The first kappa shape index (κ1) is 16.3. The molecule has 1 amide bonds. The molecule has 1 aromatic rings.